The van der Waals surface area contributed by atoms with Gasteiger partial charge in [-0.2, -0.15) is 0 Å². The number of thiophene rings is 1. The van der Waals surface area contributed by atoms with Gasteiger partial charge in [0.05, 0.1) is 13.2 Å². The van der Waals surface area contributed by atoms with E-state index < -0.39 is 0 Å². The smallest absolute Gasteiger partial charge is 0.170 e. The van der Waals surface area contributed by atoms with Crippen LogP contribution in [0.4, 0.5) is 4.39 Å². The molecule has 2 rings (SSSR count). The molecular formula is C13H13BrFNOS. The maximum atomic E-state index is 14.2. The zero-order valence-corrected chi connectivity index (χ0v) is 12.4. The zero-order chi connectivity index (χ0) is 13.1. The Balaban J connectivity index is 2.45. The third-order valence-electron chi connectivity index (χ3n) is 2.69. The van der Waals surface area contributed by atoms with Crippen LogP contribution in [0.25, 0.3) is 0 Å². The predicted octanol–water partition coefficient (Wildman–Crippen LogP) is 3.97. The van der Waals surface area contributed by atoms with Gasteiger partial charge in [-0.3, -0.25) is 0 Å². The number of hydrogen-bond donors (Lipinski definition) is 1. The second-order valence-corrected chi connectivity index (χ2v) is 5.61. The number of methoxy groups -OCH3 is 1. The molecule has 1 aromatic heterocycles. The molecule has 2 aromatic rings. The predicted molar refractivity (Wildman–Crippen MR) is 75.9 cm³/mol. The largest absolute Gasteiger partial charge is 0.494 e. The first kappa shape index (κ1) is 13.5. The number of rotatable bonds is 4. The van der Waals surface area contributed by atoms with Crippen LogP contribution < -0.4 is 10.1 Å². The maximum absolute atomic E-state index is 14.2. The van der Waals surface area contributed by atoms with Crippen molar-refractivity contribution >= 4 is 27.3 Å². The van der Waals surface area contributed by atoms with Crippen molar-refractivity contribution in [3.05, 3.63) is 50.4 Å². The molecule has 0 aliphatic heterocycles. The van der Waals surface area contributed by atoms with Gasteiger partial charge in [0.25, 0.3) is 0 Å². The molecule has 1 heterocycles. The molecule has 96 valence electrons. The van der Waals surface area contributed by atoms with Gasteiger partial charge in [-0.25, -0.2) is 4.39 Å². The van der Waals surface area contributed by atoms with Crippen LogP contribution in [-0.4, -0.2) is 14.2 Å². The van der Waals surface area contributed by atoms with Crippen LogP contribution >= 0.6 is 27.3 Å². The van der Waals surface area contributed by atoms with Crippen molar-refractivity contribution in [2.24, 2.45) is 0 Å². The molecule has 1 aromatic carbocycles. The molecule has 0 saturated carbocycles. The van der Waals surface area contributed by atoms with Gasteiger partial charge in [0.2, 0.25) is 0 Å². The molecule has 0 amide bonds. The molecule has 0 aliphatic rings. The molecule has 18 heavy (non-hydrogen) atoms. The first-order chi connectivity index (χ1) is 8.67. The summed E-state index contributed by atoms with van der Waals surface area (Å²) in [5.74, 6) is -0.0488. The number of nitrogens with one attached hydrogen (secondary N) is 1. The van der Waals surface area contributed by atoms with E-state index in [0.29, 0.717) is 5.56 Å². The summed E-state index contributed by atoms with van der Waals surface area (Å²) in [4.78, 5) is 1.05. The minimum atomic E-state index is -0.316. The van der Waals surface area contributed by atoms with E-state index in [1.165, 1.54) is 7.11 Å². The highest BCUT2D eigenvalue weighted by Crippen LogP contribution is 2.33. The van der Waals surface area contributed by atoms with Crippen molar-refractivity contribution in [3.8, 4) is 5.75 Å². The van der Waals surface area contributed by atoms with Crippen LogP contribution in [0.1, 0.15) is 16.5 Å². The summed E-state index contributed by atoms with van der Waals surface area (Å²) in [5.41, 5.74) is 0.589. The van der Waals surface area contributed by atoms with Crippen LogP contribution in [0.5, 0.6) is 5.75 Å². The van der Waals surface area contributed by atoms with E-state index in [1.807, 2.05) is 18.5 Å². The molecule has 0 saturated heterocycles. The number of halogens is 2. The van der Waals surface area contributed by atoms with Gasteiger partial charge in [0.15, 0.2) is 11.6 Å². The molecule has 2 nitrogen and oxygen atoms in total. The normalized spacial score (nSPS) is 12.4. The van der Waals surface area contributed by atoms with Gasteiger partial charge >= 0.3 is 0 Å². The highest BCUT2D eigenvalue weighted by atomic mass is 79.9. The third kappa shape index (κ3) is 2.58. The van der Waals surface area contributed by atoms with Crippen molar-refractivity contribution in [2.75, 3.05) is 14.2 Å². The second kappa shape index (κ2) is 5.82. The third-order valence-corrected chi connectivity index (χ3v) is 4.44. The fourth-order valence-electron chi connectivity index (χ4n) is 1.84. The van der Waals surface area contributed by atoms with Crippen molar-refractivity contribution in [1.29, 1.82) is 0 Å². The van der Waals surface area contributed by atoms with E-state index in [9.17, 15) is 4.39 Å². The number of hydrogen-bond acceptors (Lipinski definition) is 3. The Morgan fingerprint density at radius 3 is 2.78 bits per heavy atom. The molecule has 0 radical (unpaired) electrons. The Kier molecular flexibility index (Phi) is 4.37. The number of ether oxygens (including phenoxy) is 1. The summed E-state index contributed by atoms with van der Waals surface area (Å²) in [6, 6.07) is 7.01. The van der Waals surface area contributed by atoms with E-state index in [4.69, 9.17) is 4.74 Å². The first-order valence-corrected chi connectivity index (χ1v) is 7.08. The summed E-state index contributed by atoms with van der Waals surface area (Å²) >= 11 is 5.00. The zero-order valence-electron chi connectivity index (χ0n) is 10.0. The fourth-order valence-corrected chi connectivity index (χ4v) is 3.41. The quantitative estimate of drug-likeness (QED) is 0.916. The van der Waals surface area contributed by atoms with Crippen LogP contribution in [0.3, 0.4) is 0 Å². The summed E-state index contributed by atoms with van der Waals surface area (Å²) in [5, 5.41) is 5.12. The lowest BCUT2D eigenvalue weighted by Gasteiger charge is -2.17. The lowest BCUT2D eigenvalue weighted by Crippen LogP contribution is -2.18. The molecule has 0 fully saturated rings. The number of benzene rings is 1. The van der Waals surface area contributed by atoms with E-state index >= 15 is 0 Å². The van der Waals surface area contributed by atoms with E-state index in [1.54, 1.807) is 29.5 Å². The van der Waals surface area contributed by atoms with Crippen LogP contribution in [0, 0.1) is 5.82 Å². The van der Waals surface area contributed by atoms with Crippen LogP contribution in [0.2, 0.25) is 0 Å². The molecule has 1 N–H and O–H groups in total. The Morgan fingerprint density at radius 2 is 2.22 bits per heavy atom. The lowest BCUT2D eigenvalue weighted by molar-refractivity contribution is 0.382. The van der Waals surface area contributed by atoms with Crippen LogP contribution in [-0.2, 0) is 0 Å². The van der Waals surface area contributed by atoms with Crippen LogP contribution in [0.15, 0.2) is 34.1 Å². The topological polar surface area (TPSA) is 21.3 Å². The average Bonchev–Trinajstić information content (AvgIpc) is 2.79. The van der Waals surface area contributed by atoms with Gasteiger partial charge in [-0.1, -0.05) is 12.1 Å². The van der Waals surface area contributed by atoms with E-state index in [2.05, 4.69) is 21.2 Å². The Hall–Kier alpha value is -0.910. The highest BCUT2D eigenvalue weighted by molar-refractivity contribution is 9.10. The SMILES string of the molecule is CNC(c1cc(Br)cs1)c1cccc(OC)c1F. The monoisotopic (exact) mass is 329 g/mol. The molecule has 0 spiro atoms. The average molecular weight is 330 g/mol. The highest BCUT2D eigenvalue weighted by Gasteiger charge is 2.20. The Morgan fingerprint density at radius 1 is 1.44 bits per heavy atom. The van der Waals surface area contributed by atoms with Gasteiger partial charge < -0.3 is 10.1 Å². The lowest BCUT2D eigenvalue weighted by atomic mass is 10.0. The standard InChI is InChI=1S/C13H13BrFNOS/c1-16-13(11-6-8(14)7-18-11)9-4-3-5-10(17-2)12(9)15/h3-7,13,16H,1-2H3. The first-order valence-electron chi connectivity index (χ1n) is 5.41. The summed E-state index contributed by atoms with van der Waals surface area (Å²) in [6.07, 6.45) is 0. The minimum Gasteiger partial charge on any atom is -0.494 e. The molecule has 0 bridgehead atoms. The molecule has 5 heteroatoms. The van der Waals surface area contributed by atoms with Gasteiger partial charge in [-0.05, 0) is 35.1 Å². The Labute approximate surface area is 118 Å². The summed E-state index contributed by atoms with van der Waals surface area (Å²) in [6.45, 7) is 0. The minimum absolute atomic E-state index is 0.170. The molecular weight excluding hydrogens is 317 g/mol. The molecule has 1 atom stereocenters. The molecule has 0 aliphatic carbocycles. The van der Waals surface area contributed by atoms with Crippen molar-refractivity contribution in [2.45, 2.75) is 6.04 Å². The van der Waals surface area contributed by atoms with E-state index in [-0.39, 0.29) is 17.6 Å². The maximum Gasteiger partial charge on any atom is 0.170 e. The summed E-state index contributed by atoms with van der Waals surface area (Å²) < 4.78 is 20.2. The van der Waals surface area contributed by atoms with Gasteiger partial charge in [0.1, 0.15) is 0 Å². The second-order valence-electron chi connectivity index (χ2n) is 3.75. The van der Waals surface area contributed by atoms with E-state index in [0.717, 1.165) is 9.35 Å². The molecule has 1 unspecified atom stereocenters. The van der Waals surface area contributed by atoms with Crippen molar-refractivity contribution < 1.29 is 9.13 Å². The summed E-state index contributed by atoms with van der Waals surface area (Å²) in [7, 11) is 3.29. The Bertz CT molecular complexity index is 544. The van der Waals surface area contributed by atoms with Crippen molar-refractivity contribution in [1.82, 2.24) is 5.32 Å². The fraction of sp³-hybridized carbons (Fsp3) is 0.231. The van der Waals surface area contributed by atoms with Crippen molar-refractivity contribution in [3.63, 3.8) is 0 Å². The van der Waals surface area contributed by atoms with Gasteiger partial charge in [0, 0.05) is 20.3 Å². The van der Waals surface area contributed by atoms with Gasteiger partial charge in [-0.15, -0.1) is 11.3 Å².